The maximum Gasteiger partial charge on any atom is 0.308 e. The van der Waals surface area contributed by atoms with Crippen LogP contribution in [0.5, 0.6) is 0 Å². The minimum Gasteiger partial charge on any atom is -0.481 e. The number of rotatable bonds is 2. The predicted octanol–water partition coefficient (Wildman–Crippen LogP) is 1.19. The largest absolute Gasteiger partial charge is 0.481 e. The molecule has 1 aliphatic rings. The quantitative estimate of drug-likeness (QED) is 0.773. The van der Waals surface area contributed by atoms with Gasteiger partial charge in [0.1, 0.15) is 0 Å². The molecule has 0 bridgehead atoms. The third-order valence-electron chi connectivity index (χ3n) is 2.48. The smallest absolute Gasteiger partial charge is 0.308 e. The van der Waals surface area contributed by atoms with E-state index in [1.807, 2.05) is 6.92 Å². The van der Waals surface area contributed by atoms with Crippen molar-refractivity contribution in [3.05, 3.63) is 16.1 Å². The first-order chi connectivity index (χ1) is 6.68. The first-order valence-electron chi connectivity index (χ1n) is 4.57. The molecule has 1 aliphatic heterocycles. The van der Waals surface area contributed by atoms with Gasteiger partial charge in [-0.3, -0.25) is 4.79 Å². The summed E-state index contributed by atoms with van der Waals surface area (Å²) in [4.78, 5) is 16.1. The van der Waals surface area contributed by atoms with Crippen molar-refractivity contribution in [2.45, 2.75) is 19.4 Å². The van der Waals surface area contributed by atoms with E-state index in [-0.39, 0.29) is 12.0 Å². The van der Waals surface area contributed by atoms with Crippen LogP contribution in [0.1, 0.15) is 22.3 Å². The number of nitrogens with one attached hydrogen (secondary N) is 1. The molecule has 0 amide bonds. The highest BCUT2D eigenvalue weighted by Gasteiger charge is 2.34. The van der Waals surface area contributed by atoms with Crippen molar-refractivity contribution < 1.29 is 9.90 Å². The molecular formula is C9H12N2O2S. The number of hydrogen-bond donors (Lipinski definition) is 2. The van der Waals surface area contributed by atoms with Crippen molar-refractivity contribution in [3.63, 3.8) is 0 Å². The van der Waals surface area contributed by atoms with E-state index in [4.69, 9.17) is 5.11 Å². The van der Waals surface area contributed by atoms with Crippen LogP contribution in [0.2, 0.25) is 0 Å². The fraction of sp³-hybridized carbons (Fsp3) is 0.556. The van der Waals surface area contributed by atoms with Crippen LogP contribution in [0.4, 0.5) is 0 Å². The molecule has 0 radical (unpaired) electrons. The number of hydrogen-bond acceptors (Lipinski definition) is 4. The minimum absolute atomic E-state index is 0.0429. The van der Waals surface area contributed by atoms with Gasteiger partial charge in [-0.2, -0.15) is 0 Å². The number of carboxylic acid groups (broad SMARTS) is 1. The lowest BCUT2D eigenvalue weighted by atomic mass is 10.0. The predicted molar refractivity (Wildman–Crippen MR) is 53.3 cm³/mol. The Morgan fingerprint density at radius 3 is 3.14 bits per heavy atom. The fourth-order valence-electron chi connectivity index (χ4n) is 1.79. The lowest BCUT2D eigenvalue weighted by Crippen LogP contribution is -2.22. The maximum absolute atomic E-state index is 10.9. The molecule has 2 N–H and O–H groups in total. The number of thiazole rings is 1. The maximum atomic E-state index is 10.9. The van der Waals surface area contributed by atoms with E-state index in [9.17, 15) is 4.79 Å². The highest BCUT2D eigenvalue weighted by Crippen LogP contribution is 2.32. The topological polar surface area (TPSA) is 62.2 Å². The zero-order chi connectivity index (χ0) is 10.1. The SMILES string of the molecule is Cc1ncc([C@@H]2NCC[C@H]2C(=O)O)s1. The van der Waals surface area contributed by atoms with Gasteiger partial charge in [0.2, 0.25) is 0 Å². The van der Waals surface area contributed by atoms with Crippen LogP contribution in [-0.2, 0) is 4.79 Å². The Morgan fingerprint density at radius 2 is 2.57 bits per heavy atom. The average molecular weight is 212 g/mol. The van der Waals surface area contributed by atoms with E-state index >= 15 is 0 Å². The number of aliphatic carboxylic acids is 1. The van der Waals surface area contributed by atoms with Gasteiger partial charge in [0.05, 0.1) is 17.0 Å². The Hall–Kier alpha value is -0.940. The van der Waals surface area contributed by atoms with Crippen molar-refractivity contribution in [3.8, 4) is 0 Å². The van der Waals surface area contributed by atoms with E-state index < -0.39 is 5.97 Å². The molecule has 5 heteroatoms. The van der Waals surface area contributed by atoms with Gasteiger partial charge in [-0.15, -0.1) is 11.3 Å². The lowest BCUT2D eigenvalue weighted by molar-refractivity contribution is -0.142. The van der Waals surface area contributed by atoms with Gasteiger partial charge in [0.15, 0.2) is 0 Å². The summed E-state index contributed by atoms with van der Waals surface area (Å²) in [7, 11) is 0. The number of carboxylic acids is 1. The van der Waals surface area contributed by atoms with Crippen LogP contribution < -0.4 is 5.32 Å². The molecule has 1 saturated heterocycles. The normalized spacial score (nSPS) is 26.6. The van der Waals surface area contributed by atoms with Crippen molar-refractivity contribution in [1.29, 1.82) is 0 Å². The summed E-state index contributed by atoms with van der Waals surface area (Å²) in [5.74, 6) is -1.01. The number of aromatic nitrogens is 1. The highest BCUT2D eigenvalue weighted by molar-refractivity contribution is 7.11. The molecule has 1 aromatic heterocycles. The zero-order valence-corrected chi connectivity index (χ0v) is 8.67. The molecule has 4 nitrogen and oxygen atoms in total. The van der Waals surface area contributed by atoms with E-state index in [1.54, 1.807) is 17.5 Å². The molecule has 0 spiro atoms. The van der Waals surface area contributed by atoms with Crippen LogP contribution in [-0.4, -0.2) is 22.6 Å². The molecule has 1 fully saturated rings. The summed E-state index contributed by atoms with van der Waals surface area (Å²) in [6, 6.07) is -0.0429. The van der Waals surface area contributed by atoms with Crippen molar-refractivity contribution >= 4 is 17.3 Å². The Bertz CT molecular complexity index is 350. The van der Waals surface area contributed by atoms with Crippen LogP contribution in [0, 0.1) is 12.8 Å². The monoisotopic (exact) mass is 212 g/mol. The summed E-state index contributed by atoms with van der Waals surface area (Å²) in [5.41, 5.74) is 0. The third-order valence-corrected chi connectivity index (χ3v) is 3.48. The van der Waals surface area contributed by atoms with Gasteiger partial charge in [0, 0.05) is 11.1 Å². The molecule has 2 heterocycles. The standard InChI is InChI=1S/C9H12N2O2S/c1-5-11-4-7(14-5)8-6(9(12)13)2-3-10-8/h4,6,8,10H,2-3H2,1H3,(H,12,13)/t6-,8-/m1/s1. The molecule has 0 saturated carbocycles. The van der Waals surface area contributed by atoms with E-state index in [2.05, 4.69) is 10.3 Å². The summed E-state index contributed by atoms with van der Waals surface area (Å²) in [6.45, 7) is 2.71. The van der Waals surface area contributed by atoms with E-state index in [0.29, 0.717) is 6.42 Å². The number of carbonyl (C=O) groups is 1. The van der Waals surface area contributed by atoms with Crippen LogP contribution in [0.15, 0.2) is 6.20 Å². The van der Waals surface area contributed by atoms with E-state index in [0.717, 1.165) is 16.4 Å². The molecule has 2 atom stereocenters. The molecule has 0 aliphatic carbocycles. The molecule has 0 aromatic carbocycles. The Balaban J connectivity index is 2.21. The highest BCUT2D eigenvalue weighted by atomic mass is 32.1. The van der Waals surface area contributed by atoms with Crippen molar-refractivity contribution in [2.24, 2.45) is 5.92 Å². The van der Waals surface area contributed by atoms with Crippen LogP contribution in [0.3, 0.4) is 0 Å². The van der Waals surface area contributed by atoms with Gasteiger partial charge in [-0.25, -0.2) is 4.98 Å². The fourth-order valence-corrected chi connectivity index (χ4v) is 2.72. The second-order valence-corrected chi connectivity index (χ2v) is 4.71. The van der Waals surface area contributed by atoms with Gasteiger partial charge < -0.3 is 10.4 Å². The summed E-state index contributed by atoms with van der Waals surface area (Å²) in [6.07, 6.45) is 2.48. The molecular weight excluding hydrogens is 200 g/mol. The van der Waals surface area contributed by atoms with Crippen molar-refractivity contribution in [1.82, 2.24) is 10.3 Å². The summed E-state index contributed by atoms with van der Waals surface area (Å²) < 4.78 is 0. The van der Waals surface area contributed by atoms with Gasteiger partial charge in [-0.1, -0.05) is 0 Å². The molecule has 1 aromatic rings. The molecule has 2 rings (SSSR count). The van der Waals surface area contributed by atoms with Gasteiger partial charge >= 0.3 is 5.97 Å². The van der Waals surface area contributed by atoms with Crippen molar-refractivity contribution in [2.75, 3.05) is 6.54 Å². The summed E-state index contributed by atoms with van der Waals surface area (Å²) in [5, 5.41) is 13.2. The minimum atomic E-state index is -0.717. The molecule has 76 valence electrons. The second kappa shape index (κ2) is 3.67. The lowest BCUT2D eigenvalue weighted by Gasteiger charge is -2.12. The first kappa shape index (κ1) is 9.61. The second-order valence-electron chi connectivity index (χ2n) is 3.45. The summed E-state index contributed by atoms with van der Waals surface area (Å²) >= 11 is 1.57. The number of aryl methyl sites for hydroxylation is 1. The van der Waals surface area contributed by atoms with Crippen LogP contribution >= 0.6 is 11.3 Å². The van der Waals surface area contributed by atoms with Crippen LogP contribution in [0.25, 0.3) is 0 Å². The Labute approximate surface area is 86.0 Å². The number of nitrogens with zero attached hydrogens (tertiary/aromatic N) is 1. The molecule has 0 unspecified atom stereocenters. The molecule has 14 heavy (non-hydrogen) atoms. The Morgan fingerprint density at radius 1 is 1.79 bits per heavy atom. The third kappa shape index (κ3) is 1.65. The van der Waals surface area contributed by atoms with Gasteiger partial charge in [0.25, 0.3) is 0 Å². The van der Waals surface area contributed by atoms with E-state index in [1.165, 1.54) is 0 Å². The first-order valence-corrected chi connectivity index (χ1v) is 5.38. The average Bonchev–Trinajstić information content (AvgIpc) is 2.70. The van der Waals surface area contributed by atoms with Gasteiger partial charge in [-0.05, 0) is 19.9 Å². The Kier molecular flexibility index (Phi) is 2.52. The zero-order valence-electron chi connectivity index (χ0n) is 7.86.